The van der Waals surface area contributed by atoms with E-state index in [4.69, 9.17) is 32.9 Å². The molecule has 9 heteroatoms. The Morgan fingerprint density at radius 2 is 1.83 bits per heavy atom. The van der Waals surface area contributed by atoms with Gasteiger partial charge in [0.05, 0.1) is 5.02 Å². The highest BCUT2D eigenvalue weighted by molar-refractivity contribution is 6.38. The largest absolute Gasteiger partial charge is 0.508 e. The lowest BCUT2D eigenvalue weighted by Crippen LogP contribution is -2.43. The van der Waals surface area contributed by atoms with Crippen LogP contribution in [0.3, 0.4) is 0 Å². The molecular weight excluding hydrogens is 562 g/mol. The molecule has 1 aliphatic carbocycles. The normalized spacial score (nSPS) is 23.0. The summed E-state index contributed by atoms with van der Waals surface area (Å²) in [6, 6.07) is 10.7. The molecule has 1 aromatic heterocycles. The van der Waals surface area contributed by atoms with Gasteiger partial charge in [0.2, 0.25) is 0 Å². The van der Waals surface area contributed by atoms with E-state index in [0.717, 1.165) is 32.5 Å². The summed E-state index contributed by atoms with van der Waals surface area (Å²) >= 11 is 13.5. The number of likely N-dealkylation sites (N-methyl/N-ethyl adjacent to an activating group) is 1. The fourth-order valence-electron chi connectivity index (χ4n) is 7.24. The number of aromatic nitrogens is 2. The second-order valence-electron chi connectivity index (χ2n) is 12.0. The number of hydrogen-bond donors (Lipinski definition) is 1. The minimum absolute atomic E-state index is 0.00160. The Hall–Kier alpha value is -2.87. The number of nitrogens with zero attached hydrogens (tertiary/aromatic N) is 4. The van der Waals surface area contributed by atoms with Crippen LogP contribution in [0, 0.1) is 17.7 Å². The van der Waals surface area contributed by atoms with Crippen molar-refractivity contribution in [3.05, 3.63) is 52.3 Å². The zero-order valence-corrected chi connectivity index (χ0v) is 24.6. The molecule has 0 amide bonds. The Balaban J connectivity index is 1.40. The van der Waals surface area contributed by atoms with Gasteiger partial charge >= 0.3 is 6.01 Å². The number of aromatic hydroxyl groups is 1. The molecule has 4 aromatic rings. The third-order valence-corrected chi connectivity index (χ3v) is 9.86. The number of phenols is 1. The van der Waals surface area contributed by atoms with E-state index in [2.05, 4.69) is 21.8 Å². The quantitative estimate of drug-likeness (QED) is 0.255. The molecule has 3 atom stereocenters. The van der Waals surface area contributed by atoms with Crippen molar-refractivity contribution in [2.45, 2.75) is 44.6 Å². The monoisotopic (exact) mass is 594 g/mol. The zero-order chi connectivity index (χ0) is 28.2. The first kappa shape index (κ1) is 27.0. The Morgan fingerprint density at radius 1 is 1.02 bits per heavy atom. The number of fused-ring (bicyclic) bond motifs is 4. The third-order valence-electron chi connectivity index (χ3n) is 9.25. The van der Waals surface area contributed by atoms with E-state index >= 15 is 4.39 Å². The van der Waals surface area contributed by atoms with E-state index in [1.54, 1.807) is 24.3 Å². The van der Waals surface area contributed by atoms with Crippen molar-refractivity contribution in [1.29, 1.82) is 0 Å². The number of likely N-dealkylation sites (tertiary alicyclic amines) is 1. The Kier molecular flexibility index (Phi) is 7.08. The summed E-state index contributed by atoms with van der Waals surface area (Å²) in [5, 5.41) is 13.1. The molecule has 0 spiro atoms. The van der Waals surface area contributed by atoms with Gasteiger partial charge in [0.1, 0.15) is 23.7 Å². The molecule has 7 rings (SSSR count). The van der Waals surface area contributed by atoms with Crippen LogP contribution in [0.15, 0.2) is 36.4 Å². The number of hydrogen-bond acceptors (Lipinski definition) is 6. The minimum atomic E-state index is -0.581. The van der Waals surface area contributed by atoms with Crippen LogP contribution < -0.4 is 9.64 Å². The molecule has 3 aromatic carbocycles. The highest BCUT2D eigenvalue weighted by Crippen LogP contribution is 2.45. The van der Waals surface area contributed by atoms with Crippen LogP contribution in [0.4, 0.5) is 10.2 Å². The molecule has 1 N–H and O–H groups in total. The van der Waals surface area contributed by atoms with Crippen LogP contribution in [0.5, 0.6) is 11.8 Å². The molecule has 214 valence electrons. The van der Waals surface area contributed by atoms with Crippen molar-refractivity contribution >= 4 is 50.7 Å². The van der Waals surface area contributed by atoms with Crippen LogP contribution in [-0.4, -0.2) is 59.3 Å². The first-order valence-corrected chi connectivity index (χ1v) is 15.3. The summed E-state index contributed by atoms with van der Waals surface area (Å²) in [5.74, 6) is 1.29. The van der Waals surface area contributed by atoms with Crippen molar-refractivity contribution in [3.8, 4) is 22.9 Å². The molecule has 6 nitrogen and oxygen atoms in total. The van der Waals surface area contributed by atoms with Crippen LogP contribution in [0.2, 0.25) is 10.0 Å². The first-order valence-electron chi connectivity index (χ1n) is 14.5. The maximum absolute atomic E-state index is 16.8. The van der Waals surface area contributed by atoms with Gasteiger partial charge in [-0.1, -0.05) is 41.8 Å². The maximum atomic E-state index is 16.8. The lowest BCUT2D eigenvalue weighted by Gasteiger charge is -2.42. The number of rotatable bonds is 5. The smallest absolute Gasteiger partial charge is 0.319 e. The predicted molar refractivity (Wildman–Crippen MR) is 163 cm³/mol. The van der Waals surface area contributed by atoms with E-state index < -0.39 is 5.82 Å². The molecule has 2 unspecified atom stereocenters. The number of anilines is 1. The Morgan fingerprint density at radius 3 is 2.59 bits per heavy atom. The second-order valence-corrected chi connectivity index (χ2v) is 12.8. The third kappa shape index (κ3) is 4.96. The predicted octanol–water partition coefficient (Wildman–Crippen LogP) is 7.70. The van der Waals surface area contributed by atoms with Gasteiger partial charge < -0.3 is 19.6 Å². The molecule has 3 fully saturated rings. The minimum Gasteiger partial charge on any atom is -0.508 e. The van der Waals surface area contributed by atoms with Crippen LogP contribution >= 0.6 is 23.2 Å². The van der Waals surface area contributed by atoms with Gasteiger partial charge in [-0.25, -0.2) is 4.39 Å². The van der Waals surface area contributed by atoms with Crippen LogP contribution in [-0.2, 0) is 0 Å². The summed E-state index contributed by atoms with van der Waals surface area (Å²) in [4.78, 5) is 14.1. The van der Waals surface area contributed by atoms with Crippen molar-refractivity contribution in [2.24, 2.45) is 11.8 Å². The maximum Gasteiger partial charge on any atom is 0.319 e. The zero-order valence-electron chi connectivity index (χ0n) is 23.0. The Bertz CT molecular complexity index is 1640. The number of phenolic OH excluding ortho intramolecular Hbond substituents is 1. The number of benzene rings is 3. The highest BCUT2D eigenvalue weighted by Gasteiger charge is 2.33. The second kappa shape index (κ2) is 10.8. The van der Waals surface area contributed by atoms with Gasteiger partial charge in [0.25, 0.3) is 0 Å². The lowest BCUT2D eigenvalue weighted by molar-refractivity contribution is 0.188. The summed E-state index contributed by atoms with van der Waals surface area (Å²) in [5.41, 5.74) is 0.718. The first-order chi connectivity index (χ1) is 19.9. The standard InChI is InChI=1S/C32H33Cl2FN4O2/c1-38-10-4-8-21(38)17-41-32-36-30-24(31(37-32)39-15-18-5-2-6-19(11-18)16-39)14-26(34)28(29(30)35)23-13-22(40)12-20-7-3-9-25(33)27(20)23/h3,7,9,12-14,18-19,21,40H,2,4-6,8,10-11,15-17H2,1H3/t18?,19?,21-/m0/s1. The van der Waals surface area contributed by atoms with Gasteiger partial charge in [-0.3, -0.25) is 0 Å². The van der Waals surface area contributed by atoms with E-state index in [-0.39, 0.29) is 33.9 Å². The van der Waals surface area contributed by atoms with Gasteiger partial charge in [-0.15, -0.1) is 0 Å². The molecule has 2 saturated heterocycles. The van der Waals surface area contributed by atoms with Crippen molar-refractivity contribution < 1.29 is 14.2 Å². The molecule has 0 radical (unpaired) electrons. The molecule has 3 aliphatic rings. The Labute approximate surface area is 249 Å². The molecule has 3 heterocycles. The highest BCUT2D eigenvalue weighted by atomic mass is 35.5. The molecule has 2 aliphatic heterocycles. The fourth-order valence-corrected chi connectivity index (χ4v) is 7.82. The molecule has 2 bridgehead atoms. The molecule has 41 heavy (non-hydrogen) atoms. The summed E-state index contributed by atoms with van der Waals surface area (Å²) < 4.78 is 23.0. The van der Waals surface area contributed by atoms with Crippen molar-refractivity contribution in [3.63, 3.8) is 0 Å². The number of ether oxygens (including phenoxy) is 1. The van der Waals surface area contributed by atoms with Gasteiger partial charge in [-0.2, -0.15) is 9.97 Å². The topological polar surface area (TPSA) is 61.7 Å². The van der Waals surface area contributed by atoms with E-state index in [1.807, 2.05) is 6.07 Å². The summed E-state index contributed by atoms with van der Waals surface area (Å²) in [6.07, 6.45) is 7.09. The van der Waals surface area contributed by atoms with Gasteiger partial charge in [0, 0.05) is 40.5 Å². The van der Waals surface area contributed by atoms with E-state index in [1.165, 1.54) is 31.7 Å². The average Bonchev–Trinajstić information content (AvgIpc) is 3.35. The van der Waals surface area contributed by atoms with Crippen molar-refractivity contribution in [2.75, 3.05) is 38.2 Å². The van der Waals surface area contributed by atoms with Gasteiger partial charge in [-0.05, 0) is 92.7 Å². The number of piperidine rings is 1. The summed E-state index contributed by atoms with van der Waals surface area (Å²) in [6.45, 7) is 3.23. The van der Waals surface area contributed by atoms with Crippen LogP contribution in [0.1, 0.15) is 38.5 Å². The SMILES string of the molecule is CN1CCC[C@H]1COc1nc(N2CC3CCCC(C3)C2)c2cc(Cl)c(-c3cc(O)cc4cccc(Cl)c34)c(F)c2n1. The van der Waals surface area contributed by atoms with Crippen LogP contribution in [0.25, 0.3) is 32.8 Å². The molecular formula is C32H33Cl2FN4O2. The summed E-state index contributed by atoms with van der Waals surface area (Å²) in [7, 11) is 2.10. The van der Waals surface area contributed by atoms with E-state index in [0.29, 0.717) is 51.0 Å². The fraction of sp³-hybridized carbons (Fsp3) is 0.438. The molecule has 1 saturated carbocycles. The van der Waals surface area contributed by atoms with Gasteiger partial charge in [0.15, 0.2) is 5.82 Å². The number of halogens is 3. The van der Waals surface area contributed by atoms with E-state index in [9.17, 15) is 5.11 Å². The average molecular weight is 596 g/mol. The lowest BCUT2D eigenvalue weighted by atomic mass is 9.78. The van der Waals surface area contributed by atoms with Crippen molar-refractivity contribution in [1.82, 2.24) is 14.9 Å².